The van der Waals surface area contributed by atoms with Gasteiger partial charge in [0.25, 0.3) is 0 Å². The average Bonchev–Trinajstić information content (AvgIpc) is 2.56. The predicted octanol–water partition coefficient (Wildman–Crippen LogP) is 2.94. The summed E-state index contributed by atoms with van der Waals surface area (Å²) >= 11 is 6.34. The molecule has 0 aliphatic carbocycles. The number of carbonyl (C=O) groups is 2. The van der Waals surface area contributed by atoms with Gasteiger partial charge in [0, 0.05) is 5.70 Å². The van der Waals surface area contributed by atoms with Crippen LogP contribution < -0.4 is 20.1 Å². The third-order valence-electron chi connectivity index (χ3n) is 3.63. The number of carbonyl (C=O) groups excluding carboxylic acids is 2. The van der Waals surface area contributed by atoms with E-state index in [9.17, 15) is 9.59 Å². The normalized spacial score (nSPS) is 16.8. The van der Waals surface area contributed by atoms with Crippen molar-refractivity contribution in [3.63, 3.8) is 0 Å². The van der Waals surface area contributed by atoms with Crippen LogP contribution in [-0.2, 0) is 9.53 Å². The second-order valence-corrected chi connectivity index (χ2v) is 5.66. The Morgan fingerprint density at radius 1 is 1.24 bits per heavy atom. The van der Waals surface area contributed by atoms with E-state index < -0.39 is 18.0 Å². The summed E-state index contributed by atoms with van der Waals surface area (Å²) in [6, 6.07) is 2.21. The number of hydrogen-bond acceptors (Lipinski definition) is 5. The Labute approximate surface area is 151 Å². The van der Waals surface area contributed by atoms with Gasteiger partial charge in [0.1, 0.15) is 0 Å². The molecule has 136 valence electrons. The summed E-state index contributed by atoms with van der Waals surface area (Å²) in [5.41, 5.74) is 1.31. The van der Waals surface area contributed by atoms with Crippen LogP contribution in [0.15, 0.2) is 23.4 Å². The molecule has 1 heterocycles. The van der Waals surface area contributed by atoms with E-state index in [1.54, 1.807) is 19.1 Å². The summed E-state index contributed by atoms with van der Waals surface area (Å²) in [7, 11) is 1.28. The number of ether oxygens (including phenoxy) is 3. The molecule has 2 rings (SSSR count). The first-order valence-electron chi connectivity index (χ1n) is 7.88. The van der Waals surface area contributed by atoms with E-state index in [0.717, 1.165) is 0 Å². The van der Waals surface area contributed by atoms with E-state index in [1.165, 1.54) is 7.11 Å². The molecule has 7 nitrogen and oxygen atoms in total. The molecule has 0 fully saturated rings. The molecule has 0 saturated heterocycles. The van der Waals surface area contributed by atoms with Crippen LogP contribution in [0, 0.1) is 0 Å². The maximum atomic E-state index is 12.2. The molecule has 8 heteroatoms. The standard InChI is InChI=1S/C17H21ClN2O5/c1-5-24-12-8-10(7-11(18)15(12)25-6-2)14-13(16(21)23-4)9(3)19-17(22)20-14/h7-8,14H,5-6H2,1-4H3,(H2,19,20,22). The van der Waals surface area contributed by atoms with Crippen molar-refractivity contribution < 1.29 is 23.8 Å². The zero-order valence-electron chi connectivity index (χ0n) is 14.6. The number of rotatable bonds is 6. The fraction of sp³-hybridized carbons (Fsp3) is 0.412. The van der Waals surface area contributed by atoms with Gasteiger partial charge in [-0.05, 0) is 38.5 Å². The highest BCUT2D eigenvalue weighted by molar-refractivity contribution is 6.32. The van der Waals surface area contributed by atoms with Gasteiger partial charge < -0.3 is 24.8 Å². The summed E-state index contributed by atoms with van der Waals surface area (Å²) in [4.78, 5) is 24.1. The van der Waals surface area contributed by atoms with E-state index in [2.05, 4.69) is 10.6 Å². The molecular formula is C17H21ClN2O5. The minimum Gasteiger partial charge on any atom is -0.490 e. The maximum Gasteiger partial charge on any atom is 0.337 e. The molecule has 25 heavy (non-hydrogen) atoms. The molecule has 2 amide bonds. The number of urea groups is 1. The zero-order valence-corrected chi connectivity index (χ0v) is 15.3. The van der Waals surface area contributed by atoms with Crippen LogP contribution in [-0.4, -0.2) is 32.3 Å². The molecule has 0 aromatic heterocycles. The minimum atomic E-state index is -0.714. The Bertz CT molecular complexity index is 717. The van der Waals surface area contributed by atoms with E-state index in [0.29, 0.717) is 46.6 Å². The lowest BCUT2D eigenvalue weighted by Gasteiger charge is -2.28. The van der Waals surface area contributed by atoms with Crippen LogP contribution in [0.4, 0.5) is 4.79 Å². The van der Waals surface area contributed by atoms with Gasteiger partial charge in [0.15, 0.2) is 11.5 Å². The van der Waals surface area contributed by atoms with Gasteiger partial charge in [-0.25, -0.2) is 9.59 Å². The van der Waals surface area contributed by atoms with Crippen LogP contribution in [0.5, 0.6) is 11.5 Å². The van der Waals surface area contributed by atoms with Gasteiger partial charge in [0.2, 0.25) is 0 Å². The van der Waals surface area contributed by atoms with Crippen molar-refractivity contribution in [3.05, 3.63) is 34.0 Å². The number of amides is 2. The van der Waals surface area contributed by atoms with Crippen LogP contribution in [0.25, 0.3) is 0 Å². The Morgan fingerprint density at radius 2 is 1.92 bits per heavy atom. The van der Waals surface area contributed by atoms with Gasteiger partial charge in [-0.15, -0.1) is 0 Å². The van der Waals surface area contributed by atoms with Crippen molar-refractivity contribution in [1.29, 1.82) is 0 Å². The lowest BCUT2D eigenvalue weighted by atomic mass is 9.95. The quantitative estimate of drug-likeness (QED) is 0.754. The highest BCUT2D eigenvalue weighted by Crippen LogP contribution is 2.40. The number of allylic oxidation sites excluding steroid dienone is 1. The number of nitrogens with one attached hydrogen (secondary N) is 2. The summed E-state index contributed by atoms with van der Waals surface area (Å²) in [6.07, 6.45) is 0. The second-order valence-electron chi connectivity index (χ2n) is 5.26. The third kappa shape index (κ3) is 3.99. The topological polar surface area (TPSA) is 85.9 Å². The fourth-order valence-electron chi connectivity index (χ4n) is 2.63. The minimum absolute atomic E-state index is 0.296. The Morgan fingerprint density at radius 3 is 2.52 bits per heavy atom. The summed E-state index contributed by atoms with van der Waals surface area (Å²) in [6.45, 7) is 6.16. The second kappa shape index (κ2) is 8.11. The first kappa shape index (κ1) is 18.9. The van der Waals surface area contributed by atoms with Gasteiger partial charge in [-0.1, -0.05) is 11.6 Å². The first-order valence-corrected chi connectivity index (χ1v) is 8.26. The van der Waals surface area contributed by atoms with Crippen molar-refractivity contribution in [2.75, 3.05) is 20.3 Å². The molecule has 0 radical (unpaired) electrons. The molecule has 1 unspecified atom stereocenters. The molecule has 0 bridgehead atoms. The smallest absolute Gasteiger partial charge is 0.337 e. The van der Waals surface area contributed by atoms with Crippen molar-refractivity contribution >= 4 is 23.6 Å². The van der Waals surface area contributed by atoms with Gasteiger partial charge in [-0.2, -0.15) is 0 Å². The Kier molecular flexibility index (Phi) is 6.14. The third-order valence-corrected chi connectivity index (χ3v) is 3.91. The van der Waals surface area contributed by atoms with E-state index in [-0.39, 0.29) is 0 Å². The maximum absolute atomic E-state index is 12.2. The van der Waals surface area contributed by atoms with Gasteiger partial charge in [-0.3, -0.25) is 0 Å². The van der Waals surface area contributed by atoms with Crippen molar-refractivity contribution in [1.82, 2.24) is 10.6 Å². The average molecular weight is 369 g/mol. The molecule has 0 saturated carbocycles. The fourth-order valence-corrected chi connectivity index (χ4v) is 2.90. The molecule has 1 aliphatic rings. The van der Waals surface area contributed by atoms with Crippen molar-refractivity contribution in [3.8, 4) is 11.5 Å². The Balaban J connectivity index is 2.56. The summed E-state index contributed by atoms with van der Waals surface area (Å²) in [5, 5.41) is 5.61. The largest absolute Gasteiger partial charge is 0.490 e. The van der Waals surface area contributed by atoms with Gasteiger partial charge >= 0.3 is 12.0 Å². The van der Waals surface area contributed by atoms with Crippen LogP contribution in [0.1, 0.15) is 32.4 Å². The molecule has 1 atom stereocenters. The number of hydrogen-bond donors (Lipinski definition) is 2. The molecular weight excluding hydrogens is 348 g/mol. The summed E-state index contributed by atoms with van der Waals surface area (Å²) in [5.74, 6) is 0.329. The lowest BCUT2D eigenvalue weighted by Crippen LogP contribution is -2.45. The zero-order chi connectivity index (χ0) is 18.6. The SMILES string of the molecule is CCOc1cc(C2NC(=O)NC(C)=C2C(=O)OC)cc(Cl)c1OCC. The summed E-state index contributed by atoms with van der Waals surface area (Å²) < 4.78 is 16.0. The van der Waals surface area contributed by atoms with Crippen LogP contribution in [0.3, 0.4) is 0 Å². The van der Waals surface area contributed by atoms with Crippen LogP contribution in [0.2, 0.25) is 5.02 Å². The molecule has 2 N–H and O–H groups in total. The highest BCUT2D eigenvalue weighted by atomic mass is 35.5. The van der Waals surface area contributed by atoms with Gasteiger partial charge in [0.05, 0.1) is 37.0 Å². The number of benzene rings is 1. The first-order chi connectivity index (χ1) is 11.9. The molecule has 1 aromatic rings. The number of methoxy groups -OCH3 is 1. The lowest BCUT2D eigenvalue weighted by molar-refractivity contribution is -0.136. The Hall–Kier alpha value is -2.41. The van der Waals surface area contributed by atoms with Crippen molar-refractivity contribution in [2.24, 2.45) is 0 Å². The highest BCUT2D eigenvalue weighted by Gasteiger charge is 2.33. The number of esters is 1. The van der Waals surface area contributed by atoms with Crippen molar-refractivity contribution in [2.45, 2.75) is 26.8 Å². The van der Waals surface area contributed by atoms with E-state index >= 15 is 0 Å². The molecule has 1 aromatic carbocycles. The molecule has 1 aliphatic heterocycles. The number of halogens is 1. The van der Waals surface area contributed by atoms with Crippen LogP contribution >= 0.6 is 11.6 Å². The van der Waals surface area contributed by atoms with E-state index in [1.807, 2.05) is 13.8 Å². The monoisotopic (exact) mass is 368 g/mol. The molecule has 0 spiro atoms. The predicted molar refractivity (Wildman–Crippen MR) is 92.9 cm³/mol. The van der Waals surface area contributed by atoms with E-state index in [4.69, 9.17) is 25.8 Å².